The van der Waals surface area contributed by atoms with Gasteiger partial charge in [-0.15, -0.1) is 0 Å². The highest BCUT2D eigenvalue weighted by molar-refractivity contribution is 5.94. The topological polar surface area (TPSA) is 123 Å². The van der Waals surface area contributed by atoms with Crippen molar-refractivity contribution in [3.05, 3.63) is 99.9 Å². The van der Waals surface area contributed by atoms with Crippen molar-refractivity contribution in [2.45, 2.75) is 18.8 Å². The molecule has 46 heavy (non-hydrogen) atoms. The number of carbonyl (C=O) groups excluding carboxylic acids is 1. The second-order valence-corrected chi connectivity index (χ2v) is 10.6. The molecule has 1 N–H and O–H groups in total. The number of methoxy groups -OCH3 is 4. The maximum absolute atomic E-state index is 13.8. The van der Waals surface area contributed by atoms with E-state index in [1.54, 1.807) is 44.6 Å². The van der Waals surface area contributed by atoms with E-state index in [1.165, 1.54) is 26.5 Å². The van der Waals surface area contributed by atoms with Gasteiger partial charge in [0.1, 0.15) is 34.5 Å². The minimum Gasteiger partial charge on any atom is -0.507 e. The van der Waals surface area contributed by atoms with Crippen molar-refractivity contribution in [2.24, 2.45) is 0 Å². The largest absolute Gasteiger partial charge is 0.507 e. The summed E-state index contributed by atoms with van der Waals surface area (Å²) in [5.41, 5.74) is 2.68. The number of esters is 1. The van der Waals surface area contributed by atoms with Crippen LogP contribution in [0.2, 0.25) is 0 Å². The molecule has 1 aliphatic heterocycles. The molecule has 4 aromatic carbocycles. The van der Waals surface area contributed by atoms with Crippen molar-refractivity contribution in [2.75, 3.05) is 35.0 Å². The van der Waals surface area contributed by atoms with Crippen molar-refractivity contribution in [1.82, 2.24) is 0 Å². The van der Waals surface area contributed by atoms with Gasteiger partial charge >= 0.3 is 5.97 Å². The van der Waals surface area contributed by atoms with Gasteiger partial charge in [0, 0.05) is 24.0 Å². The Hall–Kier alpha value is -5.64. The van der Waals surface area contributed by atoms with Crippen LogP contribution in [0.3, 0.4) is 0 Å². The van der Waals surface area contributed by atoms with Crippen LogP contribution >= 0.6 is 0 Å². The zero-order valence-electron chi connectivity index (χ0n) is 25.7. The molecule has 10 nitrogen and oxygen atoms in total. The van der Waals surface area contributed by atoms with Gasteiger partial charge < -0.3 is 37.9 Å². The molecule has 0 radical (unpaired) electrons. The molecule has 0 unspecified atom stereocenters. The van der Waals surface area contributed by atoms with Gasteiger partial charge in [0.05, 0.1) is 47.0 Å². The molecular formula is C36H32O10. The summed E-state index contributed by atoms with van der Waals surface area (Å²) in [6.07, 6.45) is 1.99. The van der Waals surface area contributed by atoms with E-state index in [2.05, 4.69) is 0 Å². The van der Waals surface area contributed by atoms with Crippen LogP contribution in [0, 0.1) is 0 Å². The summed E-state index contributed by atoms with van der Waals surface area (Å²) >= 11 is 0. The number of rotatable bonds is 10. The van der Waals surface area contributed by atoms with Crippen molar-refractivity contribution >= 4 is 16.9 Å². The first-order valence-corrected chi connectivity index (χ1v) is 14.5. The smallest absolute Gasteiger partial charge is 0.312 e. The summed E-state index contributed by atoms with van der Waals surface area (Å²) in [6, 6.07) is 19.5. The van der Waals surface area contributed by atoms with Crippen molar-refractivity contribution in [3.63, 3.8) is 0 Å². The van der Waals surface area contributed by atoms with Gasteiger partial charge in [0.15, 0.2) is 23.0 Å². The molecule has 0 saturated carbocycles. The third kappa shape index (κ3) is 5.65. The zero-order chi connectivity index (χ0) is 32.4. The lowest BCUT2D eigenvalue weighted by Gasteiger charge is -2.26. The Morgan fingerprint density at radius 1 is 0.804 bits per heavy atom. The first-order valence-electron chi connectivity index (χ1n) is 14.5. The van der Waals surface area contributed by atoms with E-state index in [0.29, 0.717) is 47.2 Å². The van der Waals surface area contributed by atoms with E-state index in [0.717, 1.165) is 16.9 Å². The lowest BCUT2D eigenvalue weighted by atomic mass is 9.84. The quantitative estimate of drug-likeness (QED) is 0.141. The lowest BCUT2D eigenvalue weighted by Crippen LogP contribution is -2.22. The molecule has 1 aromatic heterocycles. The number of fused-ring (bicyclic) bond motifs is 3. The summed E-state index contributed by atoms with van der Waals surface area (Å²) in [4.78, 5) is 26.6. The van der Waals surface area contributed by atoms with Gasteiger partial charge in [-0.1, -0.05) is 24.3 Å². The van der Waals surface area contributed by atoms with Crippen LogP contribution in [0.1, 0.15) is 29.0 Å². The molecule has 6 rings (SSSR count). The molecule has 0 aliphatic carbocycles. The van der Waals surface area contributed by atoms with Crippen LogP contribution in [0.5, 0.6) is 40.2 Å². The maximum Gasteiger partial charge on any atom is 0.312 e. The standard InChI is InChI=1S/C36H32O10/c1-40-23-9-5-20(6-10-23)13-14-44-28-12-8-21(15-30(28)43-4)24-17-32(38)46-31-18-26(37)34-35(39)25(19-45-36(34)33(24)31)22-7-11-27(41-2)29(16-22)42-3/h5-12,15-16,18-19,24,37H,13-14,17H2,1-4H3/t24-/m0/s1. The second-order valence-electron chi connectivity index (χ2n) is 10.6. The monoisotopic (exact) mass is 624 g/mol. The van der Waals surface area contributed by atoms with Gasteiger partial charge in [-0.05, 0) is 53.1 Å². The Balaban J connectivity index is 1.35. The Kier molecular flexibility index (Phi) is 8.43. The molecule has 236 valence electrons. The highest BCUT2D eigenvalue weighted by atomic mass is 16.5. The molecule has 10 heteroatoms. The number of phenols is 1. The lowest BCUT2D eigenvalue weighted by molar-refractivity contribution is -0.135. The zero-order valence-corrected chi connectivity index (χ0v) is 25.7. The van der Waals surface area contributed by atoms with Crippen molar-refractivity contribution < 1.29 is 42.7 Å². The van der Waals surface area contributed by atoms with Gasteiger partial charge in [-0.3, -0.25) is 9.59 Å². The number of ether oxygens (including phenoxy) is 6. The summed E-state index contributed by atoms with van der Waals surface area (Å²) in [5.74, 6) is 1.45. The average Bonchev–Trinajstić information content (AvgIpc) is 3.07. The second kappa shape index (κ2) is 12.8. The maximum atomic E-state index is 13.8. The third-order valence-electron chi connectivity index (χ3n) is 8.06. The van der Waals surface area contributed by atoms with Crippen molar-refractivity contribution in [3.8, 4) is 51.4 Å². The first kappa shape index (κ1) is 30.4. The number of hydrogen-bond acceptors (Lipinski definition) is 10. The minimum atomic E-state index is -0.559. The van der Waals surface area contributed by atoms with Gasteiger partial charge in [-0.2, -0.15) is 0 Å². The molecular weight excluding hydrogens is 592 g/mol. The van der Waals surface area contributed by atoms with Crippen LogP contribution < -0.4 is 33.8 Å². The molecule has 5 aromatic rings. The van der Waals surface area contributed by atoms with Crippen LogP contribution in [-0.4, -0.2) is 46.1 Å². The highest BCUT2D eigenvalue weighted by Gasteiger charge is 2.34. The molecule has 0 amide bonds. The van der Waals surface area contributed by atoms with Gasteiger partial charge in [0.25, 0.3) is 0 Å². The Morgan fingerprint density at radius 3 is 2.24 bits per heavy atom. The van der Waals surface area contributed by atoms with Crippen LogP contribution in [0.4, 0.5) is 0 Å². The number of hydrogen-bond donors (Lipinski definition) is 1. The van der Waals surface area contributed by atoms with Gasteiger partial charge in [-0.25, -0.2) is 0 Å². The van der Waals surface area contributed by atoms with E-state index >= 15 is 0 Å². The molecule has 2 heterocycles. The van der Waals surface area contributed by atoms with Crippen LogP contribution in [-0.2, 0) is 11.2 Å². The van der Waals surface area contributed by atoms with Crippen LogP contribution in [0.25, 0.3) is 22.1 Å². The summed E-state index contributed by atoms with van der Waals surface area (Å²) in [6.45, 7) is 0.415. The van der Waals surface area contributed by atoms with E-state index in [-0.39, 0.29) is 34.5 Å². The highest BCUT2D eigenvalue weighted by Crippen LogP contribution is 2.47. The van der Waals surface area contributed by atoms with Crippen LogP contribution in [0.15, 0.2) is 82.2 Å². The van der Waals surface area contributed by atoms with E-state index < -0.39 is 17.3 Å². The fraction of sp³-hybridized carbons (Fsp3) is 0.222. The first-order chi connectivity index (χ1) is 22.3. The van der Waals surface area contributed by atoms with E-state index in [1.807, 2.05) is 30.3 Å². The number of carbonyl (C=O) groups is 1. The average molecular weight is 625 g/mol. The summed E-state index contributed by atoms with van der Waals surface area (Å²) in [7, 11) is 6.19. The third-order valence-corrected chi connectivity index (χ3v) is 8.06. The molecule has 0 saturated heterocycles. The molecule has 0 bridgehead atoms. The number of phenolic OH excluding ortho intramolecular Hbond substituents is 1. The minimum absolute atomic E-state index is 0.0190. The summed E-state index contributed by atoms with van der Waals surface area (Å²) in [5, 5.41) is 10.9. The SMILES string of the molecule is COc1ccc(CCOc2ccc([C@@H]3CC(=O)Oc4cc(O)c5c(=O)c(-c6ccc(OC)c(OC)c6)coc5c43)cc2OC)cc1. The molecule has 1 atom stereocenters. The Morgan fingerprint density at radius 2 is 1.52 bits per heavy atom. The fourth-order valence-corrected chi connectivity index (χ4v) is 5.71. The Bertz CT molecular complexity index is 1980. The van der Waals surface area contributed by atoms with E-state index in [4.69, 9.17) is 32.8 Å². The van der Waals surface area contributed by atoms with Gasteiger partial charge in [0.2, 0.25) is 5.43 Å². The molecule has 1 aliphatic rings. The van der Waals surface area contributed by atoms with Crippen molar-refractivity contribution in [1.29, 1.82) is 0 Å². The predicted octanol–water partition coefficient (Wildman–Crippen LogP) is 6.26. The summed E-state index contributed by atoms with van der Waals surface area (Å²) < 4.78 is 39.2. The predicted molar refractivity (Wildman–Crippen MR) is 170 cm³/mol. The molecule has 0 spiro atoms. The van der Waals surface area contributed by atoms with E-state index in [9.17, 15) is 14.7 Å². The number of benzene rings is 4. The molecule has 0 fully saturated rings. The Labute approximate surface area is 264 Å². The fourth-order valence-electron chi connectivity index (χ4n) is 5.71. The normalized spacial score (nSPS) is 13.9. The number of aromatic hydroxyl groups is 1.